The minimum Gasteiger partial charge on any atom is -0.395 e. The first kappa shape index (κ1) is 15.9. The van der Waals surface area contributed by atoms with E-state index in [0.29, 0.717) is 13.1 Å². The molecule has 0 aliphatic rings. The highest BCUT2D eigenvalue weighted by Crippen LogP contribution is 2.25. The summed E-state index contributed by atoms with van der Waals surface area (Å²) in [6, 6.07) is 14.0. The Morgan fingerprint density at radius 1 is 0.864 bits per heavy atom. The molecule has 2 aromatic carbocycles. The first-order valence-electron chi connectivity index (χ1n) is 6.97. The number of nitro benzene ring substituents is 1. The van der Waals surface area contributed by atoms with Crippen LogP contribution in [0.2, 0.25) is 0 Å². The van der Waals surface area contributed by atoms with E-state index in [4.69, 9.17) is 10.2 Å². The van der Waals surface area contributed by atoms with Crippen LogP contribution in [0.25, 0.3) is 11.1 Å². The van der Waals surface area contributed by atoms with E-state index in [-0.39, 0.29) is 18.9 Å². The van der Waals surface area contributed by atoms with Gasteiger partial charge in [-0.1, -0.05) is 12.1 Å². The zero-order chi connectivity index (χ0) is 15.9. The third-order valence-electron chi connectivity index (χ3n) is 3.38. The lowest BCUT2D eigenvalue weighted by molar-refractivity contribution is -0.384. The van der Waals surface area contributed by atoms with Crippen LogP contribution < -0.4 is 4.90 Å². The molecule has 0 unspecified atom stereocenters. The number of hydrogen-bond acceptors (Lipinski definition) is 5. The van der Waals surface area contributed by atoms with Crippen molar-refractivity contribution >= 4 is 11.4 Å². The minimum absolute atomic E-state index is 0.0180. The fourth-order valence-corrected chi connectivity index (χ4v) is 2.25. The summed E-state index contributed by atoms with van der Waals surface area (Å²) >= 11 is 0. The van der Waals surface area contributed by atoms with Crippen LogP contribution in [-0.2, 0) is 0 Å². The summed E-state index contributed by atoms with van der Waals surface area (Å²) < 4.78 is 0. The summed E-state index contributed by atoms with van der Waals surface area (Å²) in [4.78, 5) is 12.1. The number of nitro groups is 1. The van der Waals surface area contributed by atoms with E-state index < -0.39 is 4.92 Å². The number of benzene rings is 2. The second kappa shape index (κ2) is 7.53. The van der Waals surface area contributed by atoms with Crippen molar-refractivity contribution in [2.75, 3.05) is 31.2 Å². The first-order valence-corrected chi connectivity index (χ1v) is 6.97. The summed E-state index contributed by atoms with van der Waals surface area (Å²) in [6.45, 7) is 0.948. The zero-order valence-electron chi connectivity index (χ0n) is 12.1. The molecule has 0 fully saturated rings. The number of aliphatic hydroxyl groups is 2. The lowest BCUT2D eigenvalue weighted by atomic mass is 10.0. The highest BCUT2D eigenvalue weighted by molar-refractivity contribution is 5.67. The van der Waals surface area contributed by atoms with Crippen molar-refractivity contribution in [1.82, 2.24) is 0 Å². The Bertz CT molecular complexity index is 605. The van der Waals surface area contributed by atoms with Crippen LogP contribution in [0.15, 0.2) is 48.5 Å². The second-order valence-corrected chi connectivity index (χ2v) is 4.79. The monoisotopic (exact) mass is 302 g/mol. The van der Waals surface area contributed by atoms with Crippen LogP contribution in [0, 0.1) is 10.1 Å². The molecule has 0 aliphatic heterocycles. The molecule has 0 bridgehead atoms. The SMILES string of the molecule is O=[N+]([O-])c1ccc(-c2ccc(N(CCO)CCO)cc2)cc1. The summed E-state index contributed by atoms with van der Waals surface area (Å²) in [5, 5.41) is 28.8. The molecule has 6 heteroatoms. The predicted molar refractivity (Wildman–Crippen MR) is 84.9 cm³/mol. The van der Waals surface area contributed by atoms with Gasteiger partial charge >= 0.3 is 0 Å². The van der Waals surface area contributed by atoms with Crippen LogP contribution in [0.1, 0.15) is 0 Å². The van der Waals surface area contributed by atoms with Gasteiger partial charge in [0.25, 0.3) is 5.69 Å². The van der Waals surface area contributed by atoms with E-state index in [1.165, 1.54) is 12.1 Å². The van der Waals surface area contributed by atoms with Crippen LogP contribution in [-0.4, -0.2) is 41.4 Å². The van der Waals surface area contributed by atoms with E-state index >= 15 is 0 Å². The number of rotatable bonds is 7. The van der Waals surface area contributed by atoms with Gasteiger partial charge in [-0.15, -0.1) is 0 Å². The summed E-state index contributed by atoms with van der Waals surface area (Å²) in [6.07, 6.45) is 0. The Kier molecular flexibility index (Phi) is 5.46. The van der Waals surface area contributed by atoms with E-state index in [1.807, 2.05) is 29.2 Å². The maximum atomic E-state index is 10.7. The van der Waals surface area contributed by atoms with Crippen LogP contribution in [0.4, 0.5) is 11.4 Å². The fourth-order valence-electron chi connectivity index (χ4n) is 2.25. The largest absolute Gasteiger partial charge is 0.395 e. The molecule has 116 valence electrons. The highest BCUT2D eigenvalue weighted by atomic mass is 16.6. The van der Waals surface area contributed by atoms with Gasteiger partial charge in [0, 0.05) is 30.9 Å². The molecule has 0 radical (unpaired) electrons. The molecule has 0 saturated heterocycles. The maximum Gasteiger partial charge on any atom is 0.269 e. The van der Waals surface area contributed by atoms with Gasteiger partial charge in [0.2, 0.25) is 0 Å². The van der Waals surface area contributed by atoms with Gasteiger partial charge in [0.15, 0.2) is 0 Å². The second-order valence-electron chi connectivity index (χ2n) is 4.79. The Hall–Kier alpha value is -2.44. The summed E-state index contributed by atoms with van der Waals surface area (Å²) in [5.41, 5.74) is 2.82. The van der Waals surface area contributed by atoms with Crippen molar-refractivity contribution < 1.29 is 15.1 Å². The molecule has 0 aliphatic carbocycles. The standard InChI is InChI=1S/C16H18N2O4/c19-11-9-17(10-12-20)15-5-1-13(2-6-15)14-3-7-16(8-4-14)18(21)22/h1-8,19-20H,9-12H2. The molecular weight excluding hydrogens is 284 g/mol. The molecule has 0 saturated carbocycles. The van der Waals surface area contributed by atoms with Gasteiger partial charge in [-0.25, -0.2) is 0 Å². The molecule has 0 spiro atoms. The van der Waals surface area contributed by atoms with Crippen molar-refractivity contribution in [3.63, 3.8) is 0 Å². The number of aliphatic hydroxyl groups excluding tert-OH is 2. The molecule has 0 amide bonds. The highest BCUT2D eigenvalue weighted by Gasteiger charge is 2.07. The van der Waals surface area contributed by atoms with E-state index in [1.54, 1.807) is 12.1 Å². The van der Waals surface area contributed by atoms with Gasteiger partial charge in [-0.3, -0.25) is 10.1 Å². The van der Waals surface area contributed by atoms with E-state index in [9.17, 15) is 10.1 Å². The van der Waals surface area contributed by atoms with Gasteiger partial charge < -0.3 is 15.1 Å². The van der Waals surface area contributed by atoms with Crippen LogP contribution in [0.5, 0.6) is 0 Å². The maximum absolute atomic E-state index is 10.7. The molecule has 2 aromatic rings. The Labute approximate surface area is 128 Å². The Morgan fingerprint density at radius 2 is 1.32 bits per heavy atom. The normalized spacial score (nSPS) is 10.5. The molecule has 0 aromatic heterocycles. The van der Waals surface area contributed by atoms with Gasteiger partial charge in [-0.2, -0.15) is 0 Å². The Morgan fingerprint density at radius 3 is 1.73 bits per heavy atom. The Balaban J connectivity index is 2.18. The van der Waals surface area contributed by atoms with Gasteiger partial charge in [-0.05, 0) is 35.4 Å². The third-order valence-corrected chi connectivity index (χ3v) is 3.38. The summed E-state index contributed by atoms with van der Waals surface area (Å²) in [5.74, 6) is 0. The third kappa shape index (κ3) is 3.81. The number of nitrogens with zero attached hydrogens (tertiary/aromatic N) is 2. The minimum atomic E-state index is -0.422. The quantitative estimate of drug-likeness (QED) is 0.604. The number of anilines is 1. The molecule has 2 rings (SSSR count). The van der Waals surface area contributed by atoms with E-state index in [0.717, 1.165) is 16.8 Å². The average Bonchev–Trinajstić information content (AvgIpc) is 2.55. The van der Waals surface area contributed by atoms with Crippen LogP contribution >= 0.6 is 0 Å². The van der Waals surface area contributed by atoms with Crippen molar-refractivity contribution in [2.45, 2.75) is 0 Å². The topological polar surface area (TPSA) is 86.8 Å². The molecule has 0 heterocycles. The van der Waals surface area contributed by atoms with Crippen molar-refractivity contribution in [2.24, 2.45) is 0 Å². The van der Waals surface area contributed by atoms with Crippen molar-refractivity contribution in [3.05, 3.63) is 58.6 Å². The average molecular weight is 302 g/mol. The molecule has 22 heavy (non-hydrogen) atoms. The zero-order valence-corrected chi connectivity index (χ0v) is 12.1. The first-order chi connectivity index (χ1) is 10.7. The lowest BCUT2D eigenvalue weighted by Crippen LogP contribution is -2.29. The number of hydrogen-bond donors (Lipinski definition) is 2. The smallest absolute Gasteiger partial charge is 0.269 e. The lowest BCUT2D eigenvalue weighted by Gasteiger charge is -2.23. The fraction of sp³-hybridized carbons (Fsp3) is 0.250. The van der Waals surface area contributed by atoms with Crippen LogP contribution in [0.3, 0.4) is 0 Å². The van der Waals surface area contributed by atoms with E-state index in [2.05, 4.69) is 0 Å². The molecule has 6 nitrogen and oxygen atoms in total. The summed E-state index contributed by atoms with van der Waals surface area (Å²) in [7, 11) is 0. The molecule has 0 atom stereocenters. The predicted octanol–water partition coefficient (Wildman–Crippen LogP) is 2.05. The van der Waals surface area contributed by atoms with Crippen molar-refractivity contribution in [3.8, 4) is 11.1 Å². The molecule has 2 N–H and O–H groups in total. The van der Waals surface area contributed by atoms with Gasteiger partial charge in [0.05, 0.1) is 18.1 Å². The molecular formula is C16H18N2O4. The number of non-ortho nitro benzene ring substituents is 1. The van der Waals surface area contributed by atoms with Crippen molar-refractivity contribution in [1.29, 1.82) is 0 Å². The van der Waals surface area contributed by atoms with Gasteiger partial charge in [0.1, 0.15) is 0 Å².